The summed E-state index contributed by atoms with van der Waals surface area (Å²) in [5, 5.41) is 5.53. The fourth-order valence-corrected chi connectivity index (χ4v) is 3.36. The van der Waals surface area contributed by atoms with Gasteiger partial charge in [0.2, 0.25) is 0 Å². The zero-order valence-electron chi connectivity index (χ0n) is 11.3. The maximum atomic E-state index is 4.05. The Morgan fingerprint density at radius 2 is 2.00 bits per heavy atom. The minimum Gasteiger partial charge on any atom is -0.361 e. The molecule has 1 unspecified atom stereocenters. The summed E-state index contributed by atoms with van der Waals surface area (Å²) in [6.07, 6.45) is 7.21. The van der Waals surface area contributed by atoms with E-state index in [1.807, 2.05) is 12.3 Å². The quantitative estimate of drug-likeness (QED) is 0.782. The first-order valence-electron chi connectivity index (χ1n) is 6.76. The number of allylic oxidation sites excluding steroid dienone is 3. The number of rotatable bonds is 4. The normalized spacial score (nSPS) is 15.8. The van der Waals surface area contributed by atoms with E-state index >= 15 is 0 Å². The van der Waals surface area contributed by atoms with Gasteiger partial charge < -0.3 is 5.32 Å². The van der Waals surface area contributed by atoms with E-state index in [1.165, 1.54) is 21.7 Å². The molecule has 1 N–H and O–H groups in total. The van der Waals surface area contributed by atoms with Crippen LogP contribution in [0.2, 0.25) is 0 Å². The molecule has 1 aliphatic heterocycles. The largest absolute Gasteiger partial charge is 0.361 e. The van der Waals surface area contributed by atoms with Crippen molar-refractivity contribution in [1.82, 2.24) is 5.32 Å². The Morgan fingerprint density at radius 1 is 1.15 bits per heavy atom. The first kappa shape index (κ1) is 12.9. The molecular weight excluding hydrogens is 262 g/mol. The Bertz CT molecular complexity index is 635. The average Bonchev–Trinajstić information content (AvgIpc) is 3.04. The van der Waals surface area contributed by atoms with Gasteiger partial charge in [0.15, 0.2) is 0 Å². The number of nitrogens with one attached hydrogen (secondary N) is 1. The minimum absolute atomic E-state index is 0.255. The van der Waals surface area contributed by atoms with E-state index in [4.69, 9.17) is 0 Å². The molecule has 0 saturated carbocycles. The number of dihydropyridines is 1. The van der Waals surface area contributed by atoms with Crippen LogP contribution in [0.3, 0.4) is 0 Å². The molecule has 1 nitrogen and oxygen atoms in total. The summed E-state index contributed by atoms with van der Waals surface area (Å²) in [5.74, 6) is 0.255. The van der Waals surface area contributed by atoms with Crippen LogP contribution < -0.4 is 5.32 Å². The molecule has 0 saturated heterocycles. The SMILES string of the molecule is C=CC(C1=C(c2cccs2)NC=CC1)c1ccccc1. The number of hydrogen-bond acceptors (Lipinski definition) is 2. The van der Waals surface area contributed by atoms with E-state index in [1.54, 1.807) is 11.3 Å². The van der Waals surface area contributed by atoms with Crippen molar-refractivity contribution >= 4 is 17.0 Å². The predicted molar refractivity (Wildman–Crippen MR) is 87.5 cm³/mol. The molecule has 0 radical (unpaired) electrons. The van der Waals surface area contributed by atoms with Gasteiger partial charge in [-0.2, -0.15) is 0 Å². The van der Waals surface area contributed by atoms with Crippen LogP contribution in [0.1, 0.15) is 22.8 Å². The van der Waals surface area contributed by atoms with Crippen LogP contribution >= 0.6 is 11.3 Å². The smallest absolute Gasteiger partial charge is 0.0559 e. The first-order valence-corrected chi connectivity index (χ1v) is 7.64. The Kier molecular flexibility index (Phi) is 3.84. The Balaban J connectivity index is 2.06. The monoisotopic (exact) mass is 279 g/mol. The van der Waals surface area contributed by atoms with Crippen molar-refractivity contribution in [3.05, 3.63) is 88.8 Å². The van der Waals surface area contributed by atoms with Gasteiger partial charge in [-0.3, -0.25) is 0 Å². The Hall–Kier alpha value is -2.06. The van der Waals surface area contributed by atoms with Crippen molar-refractivity contribution in [3.8, 4) is 0 Å². The number of hydrogen-bond donors (Lipinski definition) is 1. The highest BCUT2D eigenvalue weighted by molar-refractivity contribution is 7.11. The maximum Gasteiger partial charge on any atom is 0.0559 e. The average molecular weight is 279 g/mol. The predicted octanol–water partition coefficient (Wildman–Crippen LogP) is 4.94. The van der Waals surface area contributed by atoms with Crippen molar-refractivity contribution in [3.63, 3.8) is 0 Å². The lowest BCUT2D eigenvalue weighted by atomic mass is 9.86. The number of benzene rings is 1. The lowest BCUT2D eigenvalue weighted by Gasteiger charge is -2.23. The molecule has 100 valence electrons. The number of thiophene rings is 1. The van der Waals surface area contributed by atoms with Crippen LogP contribution in [-0.2, 0) is 0 Å². The lowest BCUT2D eigenvalue weighted by molar-refractivity contribution is 0.914. The molecule has 20 heavy (non-hydrogen) atoms. The first-order chi connectivity index (χ1) is 9.90. The van der Waals surface area contributed by atoms with E-state index in [9.17, 15) is 0 Å². The van der Waals surface area contributed by atoms with Gasteiger partial charge >= 0.3 is 0 Å². The zero-order valence-corrected chi connectivity index (χ0v) is 12.1. The molecule has 0 amide bonds. The van der Waals surface area contributed by atoms with E-state index in [2.05, 4.69) is 65.8 Å². The lowest BCUT2D eigenvalue weighted by Crippen LogP contribution is -2.14. The van der Waals surface area contributed by atoms with Crippen LogP contribution in [0, 0.1) is 0 Å². The Morgan fingerprint density at radius 3 is 2.70 bits per heavy atom. The summed E-state index contributed by atoms with van der Waals surface area (Å²) in [5.41, 5.74) is 3.91. The molecule has 1 aliphatic rings. The fourth-order valence-electron chi connectivity index (χ4n) is 2.60. The topological polar surface area (TPSA) is 12.0 Å². The fraction of sp³-hybridized carbons (Fsp3) is 0.111. The van der Waals surface area contributed by atoms with Gasteiger partial charge in [0.05, 0.1) is 10.6 Å². The molecule has 0 spiro atoms. The van der Waals surface area contributed by atoms with Crippen molar-refractivity contribution in [2.24, 2.45) is 0 Å². The van der Waals surface area contributed by atoms with Gasteiger partial charge in [-0.25, -0.2) is 0 Å². The van der Waals surface area contributed by atoms with E-state index in [0.717, 1.165) is 6.42 Å². The van der Waals surface area contributed by atoms with Crippen LogP contribution in [0.25, 0.3) is 5.70 Å². The molecule has 1 aromatic carbocycles. The van der Waals surface area contributed by atoms with Crippen molar-refractivity contribution in [1.29, 1.82) is 0 Å². The summed E-state index contributed by atoms with van der Waals surface area (Å²) in [4.78, 5) is 1.28. The van der Waals surface area contributed by atoms with Crippen LogP contribution in [0.15, 0.2) is 78.3 Å². The second-order valence-corrected chi connectivity index (χ2v) is 5.70. The summed E-state index contributed by atoms with van der Waals surface area (Å²) in [7, 11) is 0. The highest BCUT2D eigenvalue weighted by Gasteiger charge is 2.19. The van der Waals surface area contributed by atoms with Gasteiger partial charge in [0.1, 0.15) is 0 Å². The summed E-state index contributed by atoms with van der Waals surface area (Å²) in [6.45, 7) is 4.05. The molecule has 1 atom stereocenters. The van der Waals surface area contributed by atoms with Gasteiger partial charge in [0, 0.05) is 5.92 Å². The second kappa shape index (κ2) is 5.93. The van der Waals surface area contributed by atoms with Gasteiger partial charge in [-0.15, -0.1) is 17.9 Å². The molecular formula is C18H17NS. The molecule has 1 aromatic heterocycles. The van der Waals surface area contributed by atoms with Crippen LogP contribution in [-0.4, -0.2) is 0 Å². The second-order valence-electron chi connectivity index (χ2n) is 4.75. The van der Waals surface area contributed by atoms with E-state index in [-0.39, 0.29) is 5.92 Å². The van der Waals surface area contributed by atoms with Gasteiger partial charge in [0.25, 0.3) is 0 Å². The summed E-state index contributed by atoms with van der Waals surface area (Å²) >= 11 is 1.77. The third kappa shape index (κ3) is 2.47. The van der Waals surface area contributed by atoms with Gasteiger partial charge in [-0.1, -0.05) is 48.6 Å². The summed E-state index contributed by atoms with van der Waals surface area (Å²) < 4.78 is 0. The standard InChI is InChI=1S/C18H17NS/c1-2-15(14-8-4-3-5-9-14)16-10-6-12-19-18(16)17-11-7-13-20-17/h2-9,11-13,15,19H,1,10H2. The van der Waals surface area contributed by atoms with E-state index < -0.39 is 0 Å². The molecule has 2 heterocycles. The minimum atomic E-state index is 0.255. The van der Waals surface area contributed by atoms with Crippen molar-refractivity contribution in [2.75, 3.05) is 0 Å². The van der Waals surface area contributed by atoms with Gasteiger partial charge in [-0.05, 0) is 35.2 Å². The third-order valence-corrected chi connectivity index (χ3v) is 4.43. The maximum absolute atomic E-state index is 4.05. The Labute approximate surface area is 124 Å². The molecule has 0 aliphatic carbocycles. The van der Waals surface area contributed by atoms with E-state index in [0.29, 0.717) is 0 Å². The highest BCUT2D eigenvalue weighted by atomic mass is 32.1. The van der Waals surface area contributed by atoms with Crippen LogP contribution in [0.5, 0.6) is 0 Å². The third-order valence-electron chi connectivity index (χ3n) is 3.54. The zero-order chi connectivity index (χ0) is 13.8. The van der Waals surface area contributed by atoms with Crippen LogP contribution in [0.4, 0.5) is 0 Å². The molecule has 3 rings (SSSR count). The molecule has 2 aromatic rings. The molecule has 0 bridgehead atoms. The van der Waals surface area contributed by atoms with Crippen molar-refractivity contribution in [2.45, 2.75) is 12.3 Å². The summed E-state index contributed by atoms with van der Waals surface area (Å²) in [6, 6.07) is 14.8. The molecule has 2 heteroatoms. The molecule has 0 fully saturated rings. The highest BCUT2D eigenvalue weighted by Crippen LogP contribution is 2.35. The van der Waals surface area contributed by atoms with Crippen molar-refractivity contribution < 1.29 is 0 Å².